The summed E-state index contributed by atoms with van der Waals surface area (Å²) in [6.07, 6.45) is 0. The maximum Gasteiger partial charge on any atom is 0.186 e. The van der Waals surface area contributed by atoms with Crippen molar-refractivity contribution in [2.45, 2.75) is 12.1 Å². The number of carbonyl (C=O) groups is 1. The molecule has 0 amide bonds. The van der Waals surface area contributed by atoms with Gasteiger partial charge >= 0.3 is 0 Å². The first-order valence-corrected chi connectivity index (χ1v) is 10.3. The van der Waals surface area contributed by atoms with Gasteiger partial charge in [-0.15, -0.1) is 0 Å². The number of hydrogen-bond donors (Lipinski definition) is 2. The Balaban J connectivity index is 1.68. The molecule has 6 heteroatoms. The number of aromatic nitrogens is 2. The number of anilines is 1. The molecule has 5 nitrogen and oxygen atoms in total. The van der Waals surface area contributed by atoms with Crippen LogP contribution in [0.2, 0.25) is 0 Å². The highest BCUT2D eigenvalue weighted by Gasteiger charge is 2.17. The topological polar surface area (TPSA) is 70.1 Å². The van der Waals surface area contributed by atoms with Crippen molar-refractivity contribution >= 4 is 28.3 Å². The Morgan fingerprint density at radius 2 is 1.43 bits per heavy atom. The summed E-state index contributed by atoms with van der Waals surface area (Å²) in [5, 5.41) is 5.23. The molecule has 0 atom stereocenters. The monoisotopic (exact) mass is 412 g/mol. The lowest BCUT2D eigenvalue weighted by molar-refractivity contribution is -0.110. The number of nitrogens with one attached hydrogen (secondary N) is 2. The third-order valence-corrected chi connectivity index (χ3v) is 5.31. The van der Waals surface area contributed by atoms with Gasteiger partial charge in [-0.25, -0.2) is 4.98 Å². The van der Waals surface area contributed by atoms with Crippen molar-refractivity contribution in [3.05, 3.63) is 91.0 Å². The van der Waals surface area contributed by atoms with Gasteiger partial charge in [0.05, 0.1) is 17.1 Å². The molecule has 0 radical (unpaired) electrons. The Kier molecular flexibility index (Phi) is 6.06. The van der Waals surface area contributed by atoms with Crippen molar-refractivity contribution in [1.29, 1.82) is 0 Å². The lowest BCUT2D eigenvalue weighted by Crippen LogP contribution is -2.08. The molecule has 30 heavy (non-hydrogen) atoms. The summed E-state index contributed by atoms with van der Waals surface area (Å²) in [5.41, 5.74) is 7.52. The molecule has 3 aromatic carbocycles. The second-order valence-corrected chi connectivity index (χ2v) is 7.53. The first-order chi connectivity index (χ1) is 14.7. The summed E-state index contributed by atoms with van der Waals surface area (Å²) < 4.78 is 0. The number of hydrogen-bond acceptors (Lipinski definition) is 5. The molecule has 0 saturated heterocycles. The molecule has 0 unspecified atom stereocenters. The zero-order valence-electron chi connectivity index (χ0n) is 16.4. The van der Waals surface area contributed by atoms with Gasteiger partial charge in [-0.05, 0) is 23.9 Å². The summed E-state index contributed by atoms with van der Waals surface area (Å²) in [6, 6.07) is 29.5. The van der Waals surface area contributed by atoms with Crippen molar-refractivity contribution in [3.63, 3.8) is 0 Å². The van der Waals surface area contributed by atoms with Crippen molar-refractivity contribution in [1.82, 2.24) is 9.97 Å². The van der Waals surface area contributed by atoms with E-state index in [1.165, 1.54) is 18.7 Å². The molecule has 148 valence electrons. The van der Waals surface area contributed by atoms with Crippen LogP contribution in [0.3, 0.4) is 0 Å². The minimum absolute atomic E-state index is 0.137. The molecule has 0 aliphatic rings. The summed E-state index contributed by atoms with van der Waals surface area (Å²) in [6.45, 7) is 1.50. The zero-order valence-corrected chi connectivity index (χ0v) is 17.2. The predicted octanol–water partition coefficient (Wildman–Crippen LogP) is 5.85. The zero-order chi connectivity index (χ0) is 20.8. The van der Waals surface area contributed by atoms with E-state index in [0.717, 1.165) is 28.2 Å². The number of Topliss-reactive ketones (excluding diaryl/α,β-unsaturated/α-hetero) is 1. The molecule has 1 aromatic heterocycles. The fraction of sp³-hybridized carbons (Fsp3) is 0.0417. The Morgan fingerprint density at radius 3 is 2.03 bits per heavy atom. The molecule has 0 aliphatic heterocycles. The van der Waals surface area contributed by atoms with Crippen LogP contribution in [0.1, 0.15) is 6.92 Å². The Bertz CT molecular complexity index is 1100. The van der Waals surface area contributed by atoms with E-state index in [-0.39, 0.29) is 5.78 Å². The van der Waals surface area contributed by atoms with Crippen LogP contribution in [0.15, 0.2) is 101 Å². The van der Waals surface area contributed by atoms with E-state index in [0.29, 0.717) is 10.2 Å². The maximum absolute atomic E-state index is 12.2. The highest BCUT2D eigenvalue weighted by molar-refractivity contribution is 8.15. The minimum atomic E-state index is -0.137. The van der Waals surface area contributed by atoms with E-state index >= 15 is 0 Å². The van der Waals surface area contributed by atoms with Crippen LogP contribution in [0.5, 0.6) is 0 Å². The fourth-order valence-electron chi connectivity index (χ4n) is 2.91. The predicted molar refractivity (Wildman–Crippen MR) is 123 cm³/mol. The van der Waals surface area contributed by atoms with Crippen molar-refractivity contribution in [3.8, 4) is 22.5 Å². The number of hydrazone groups is 1. The number of H-pyrrole nitrogens is 1. The van der Waals surface area contributed by atoms with E-state index in [4.69, 9.17) is 4.98 Å². The molecule has 4 rings (SSSR count). The van der Waals surface area contributed by atoms with Gasteiger partial charge < -0.3 is 4.98 Å². The first-order valence-electron chi connectivity index (χ1n) is 9.49. The van der Waals surface area contributed by atoms with Gasteiger partial charge in [-0.2, -0.15) is 5.10 Å². The summed E-state index contributed by atoms with van der Waals surface area (Å²) in [5.74, 6) is -0.137. The molecule has 4 aromatic rings. The van der Waals surface area contributed by atoms with Gasteiger partial charge in [-0.3, -0.25) is 10.2 Å². The van der Waals surface area contributed by atoms with Gasteiger partial charge in [0.15, 0.2) is 16.0 Å². The van der Waals surface area contributed by atoms with Crippen molar-refractivity contribution < 1.29 is 4.79 Å². The van der Waals surface area contributed by atoms with Crippen LogP contribution in [0, 0.1) is 0 Å². The molecule has 0 spiro atoms. The fourth-order valence-corrected chi connectivity index (χ4v) is 3.62. The van der Waals surface area contributed by atoms with Gasteiger partial charge in [-0.1, -0.05) is 78.9 Å². The molecular formula is C24H20N4OS. The van der Waals surface area contributed by atoms with Gasteiger partial charge in [0.25, 0.3) is 0 Å². The SMILES string of the molecule is CC(=O)/C(=N/Nc1ccccc1)Sc1nc(-c2ccccc2)c(-c2ccccc2)[nH]1. The molecule has 2 N–H and O–H groups in total. The number of benzene rings is 3. The average Bonchev–Trinajstić information content (AvgIpc) is 3.22. The molecule has 0 bridgehead atoms. The van der Waals surface area contributed by atoms with Crippen LogP contribution in [0.4, 0.5) is 5.69 Å². The molecule has 0 saturated carbocycles. The van der Waals surface area contributed by atoms with Crippen LogP contribution in [0.25, 0.3) is 22.5 Å². The largest absolute Gasteiger partial charge is 0.332 e. The molecular weight excluding hydrogens is 392 g/mol. The van der Waals surface area contributed by atoms with E-state index < -0.39 is 0 Å². The highest BCUT2D eigenvalue weighted by atomic mass is 32.2. The number of thioether (sulfide) groups is 1. The highest BCUT2D eigenvalue weighted by Crippen LogP contribution is 2.33. The van der Waals surface area contributed by atoms with Crippen LogP contribution in [-0.4, -0.2) is 20.8 Å². The number of carbonyl (C=O) groups excluding carboxylic acids is 1. The number of rotatable bonds is 6. The molecule has 0 aliphatic carbocycles. The lowest BCUT2D eigenvalue weighted by atomic mass is 10.1. The number of ketones is 1. The average molecular weight is 413 g/mol. The standard InChI is InChI=1S/C24H20N4OS/c1-17(29)23(28-27-20-15-9-4-10-16-20)30-24-25-21(18-11-5-2-6-12-18)22(26-24)19-13-7-3-8-14-19/h2-16,27H,1H3,(H,25,26)/b28-23-. The van der Waals surface area contributed by atoms with E-state index in [1.54, 1.807) is 0 Å². The van der Waals surface area contributed by atoms with Gasteiger partial charge in [0.2, 0.25) is 0 Å². The van der Waals surface area contributed by atoms with E-state index in [1.807, 2.05) is 91.0 Å². The number of para-hydroxylation sites is 1. The Morgan fingerprint density at radius 1 is 0.867 bits per heavy atom. The molecule has 1 heterocycles. The minimum Gasteiger partial charge on any atom is -0.332 e. The van der Waals surface area contributed by atoms with E-state index in [9.17, 15) is 4.79 Å². The van der Waals surface area contributed by atoms with Crippen LogP contribution < -0.4 is 5.43 Å². The normalized spacial score (nSPS) is 11.3. The number of aromatic amines is 1. The Hall–Kier alpha value is -3.64. The first kappa shape index (κ1) is 19.7. The lowest BCUT2D eigenvalue weighted by Gasteiger charge is -2.03. The van der Waals surface area contributed by atoms with Crippen molar-refractivity contribution in [2.24, 2.45) is 5.10 Å². The maximum atomic E-state index is 12.2. The summed E-state index contributed by atoms with van der Waals surface area (Å²) in [4.78, 5) is 20.3. The van der Waals surface area contributed by atoms with Crippen LogP contribution in [-0.2, 0) is 4.79 Å². The van der Waals surface area contributed by atoms with Gasteiger partial charge in [0, 0.05) is 18.1 Å². The van der Waals surface area contributed by atoms with Gasteiger partial charge in [0.1, 0.15) is 0 Å². The number of imidazole rings is 1. The van der Waals surface area contributed by atoms with Crippen LogP contribution >= 0.6 is 11.8 Å². The summed E-state index contributed by atoms with van der Waals surface area (Å²) >= 11 is 1.21. The third-order valence-electron chi connectivity index (χ3n) is 4.35. The smallest absolute Gasteiger partial charge is 0.186 e. The Labute approximate surface area is 179 Å². The van der Waals surface area contributed by atoms with Crippen molar-refractivity contribution in [2.75, 3.05) is 5.43 Å². The number of nitrogens with zero attached hydrogens (tertiary/aromatic N) is 2. The summed E-state index contributed by atoms with van der Waals surface area (Å²) in [7, 11) is 0. The quantitative estimate of drug-likeness (QED) is 0.180. The second kappa shape index (κ2) is 9.24. The third kappa shape index (κ3) is 4.67. The second-order valence-electron chi connectivity index (χ2n) is 6.55. The molecule has 0 fully saturated rings. The van der Waals surface area contributed by atoms with E-state index in [2.05, 4.69) is 15.5 Å².